The minimum atomic E-state index is -0.0300. The highest BCUT2D eigenvalue weighted by Crippen LogP contribution is 2.26. The molecule has 1 saturated heterocycles. The van der Waals surface area contributed by atoms with E-state index in [1.165, 1.54) is 0 Å². The average Bonchev–Trinajstić information content (AvgIpc) is 2.30. The second-order valence-corrected chi connectivity index (χ2v) is 3.92. The lowest BCUT2D eigenvalue weighted by atomic mass is 9.94. The molecule has 1 aliphatic rings. The lowest BCUT2D eigenvalue weighted by Gasteiger charge is -2.27. The number of nitriles is 1. The molecule has 1 fully saturated rings. The molecule has 0 radical (unpaired) electrons. The Morgan fingerprint density at radius 2 is 2.00 bits per heavy atom. The molecule has 1 aromatic carbocycles. The number of nitrogens with one attached hydrogen (secondary N) is 1. The molecule has 0 spiro atoms. The Kier molecular flexibility index (Phi) is 2.89. The van der Waals surface area contributed by atoms with E-state index < -0.39 is 0 Å². The van der Waals surface area contributed by atoms with Gasteiger partial charge in [0, 0.05) is 6.04 Å². The third-order valence-corrected chi connectivity index (χ3v) is 2.84. The third kappa shape index (κ3) is 2.28. The summed E-state index contributed by atoms with van der Waals surface area (Å²) in [6.07, 6.45) is 3.07. The van der Waals surface area contributed by atoms with Gasteiger partial charge in [-0.25, -0.2) is 0 Å². The van der Waals surface area contributed by atoms with Crippen LogP contribution in [0.15, 0.2) is 24.3 Å². The molecule has 15 heavy (non-hydrogen) atoms. The van der Waals surface area contributed by atoms with Crippen LogP contribution in [0.4, 0.5) is 0 Å². The van der Waals surface area contributed by atoms with Gasteiger partial charge in [0.05, 0.1) is 12.1 Å². The molecule has 2 N–H and O–H groups in total. The molecule has 1 aromatic rings. The van der Waals surface area contributed by atoms with Crippen LogP contribution in [0.25, 0.3) is 0 Å². The Balaban J connectivity index is 2.10. The zero-order chi connectivity index (χ0) is 10.7. The minimum Gasteiger partial charge on any atom is -0.508 e. The number of benzene rings is 1. The molecule has 2 unspecified atom stereocenters. The second kappa shape index (κ2) is 4.33. The summed E-state index contributed by atoms with van der Waals surface area (Å²) in [6.45, 7) is 0. The van der Waals surface area contributed by atoms with Crippen molar-refractivity contribution in [1.29, 1.82) is 5.26 Å². The number of piperidine rings is 1. The summed E-state index contributed by atoms with van der Waals surface area (Å²) >= 11 is 0. The molecule has 2 atom stereocenters. The van der Waals surface area contributed by atoms with E-state index in [0.717, 1.165) is 24.8 Å². The summed E-state index contributed by atoms with van der Waals surface area (Å²) in [5, 5.41) is 21.3. The van der Waals surface area contributed by atoms with Gasteiger partial charge in [0.1, 0.15) is 5.75 Å². The van der Waals surface area contributed by atoms with E-state index in [1.807, 2.05) is 12.1 Å². The third-order valence-electron chi connectivity index (χ3n) is 2.84. The first-order valence-electron chi connectivity index (χ1n) is 5.24. The van der Waals surface area contributed by atoms with Crippen LogP contribution in [0.1, 0.15) is 30.9 Å². The molecule has 0 saturated carbocycles. The summed E-state index contributed by atoms with van der Waals surface area (Å²) in [5.74, 6) is 0.284. The highest BCUT2D eigenvalue weighted by atomic mass is 16.3. The van der Waals surface area contributed by atoms with Crippen molar-refractivity contribution in [3.8, 4) is 11.8 Å². The first-order chi connectivity index (χ1) is 7.29. The van der Waals surface area contributed by atoms with Gasteiger partial charge in [0.25, 0.3) is 0 Å². The predicted octanol–water partition coefficient (Wildman–Crippen LogP) is 2.10. The van der Waals surface area contributed by atoms with E-state index >= 15 is 0 Å². The van der Waals surface area contributed by atoms with Crippen LogP contribution in [0.5, 0.6) is 5.75 Å². The number of phenols is 1. The van der Waals surface area contributed by atoms with Crippen LogP contribution in [0.2, 0.25) is 0 Å². The first-order valence-corrected chi connectivity index (χ1v) is 5.24. The van der Waals surface area contributed by atoms with Crippen molar-refractivity contribution in [3.63, 3.8) is 0 Å². The van der Waals surface area contributed by atoms with Gasteiger partial charge in [0.2, 0.25) is 0 Å². The molecule has 1 heterocycles. The van der Waals surface area contributed by atoms with E-state index in [0.29, 0.717) is 0 Å². The van der Waals surface area contributed by atoms with Gasteiger partial charge in [-0.1, -0.05) is 12.1 Å². The molecule has 2 rings (SSSR count). The zero-order valence-electron chi connectivity index (χ0n) is 8.48. The van der Waals surface area contributed by atoms with E-state index in [9.17, 15) is 5.11 Å². The predicted molar refractivity (Wildman–Crippen MR) is 57.2 cm³/mol. The largest absolute Gasteiger partial charge is 0.508 e. The standard InChI is InChI=1S/C12H14N2O/c13-8-10-2-1-3-12(14-10)9-4-6-11(15)7-5-9/h4-7,10,12,14-15H,1-3H2. The first kappa shape index (κ1) is 10.0. The Morgan fingerprint density at radius 1 is 1.27 bits per heavy atom. The van der Waals surface area contributed by atoms with Crippen LogP contribution in [0.3, 0.4) is 0 Å². The number of aromatic hydroxyl groups is 1. The van der Waals surface area contributed by atoms with Crippen LogP contribution < -0.4 is 5.32 Å². The molecule has 0 aliphatic carbocycles. The van der Waals surface area contributed by atoms with Crippen molar-refractivity contribution < 1.29 is 5.11 Å². The summed E-state index contributed by atoms with van der Waals surface area (Å²) in [5.41, 5.74) is 1.15. The van der Waals surface area contributed by atoms with Crippen LogP contribution in [0, 0.1) is 11.3 Å². The highest BCUT2D eigenvalue weighted by molar-refractivity contribution is 5.28. The molecule has 1 aliphatic heterocycles. The Labute approximate surface area is 89.4 Å². The maximum Gasteiger partial charge on any atom is 0.115 e. The van der Waals surface area contributed by atoms with Gasteiger partial charge in [-0.3, -0.25) is 5.32 Å². The maximum absolute atomic E-state index is 9.18. The Morgan fingerprint density at radius 3 is 2.67 bits per heavy atom. The van der Waals surface area contributed by atoms with Crippen molar-refractivity contribution in [2.45, 2.75) is 31.3 Å². The molecule has 0 aromatic heterocycles. The fourth-order valence-corrected chi connectivity index (χ4v) is 2.01. The summed E-state index contributed by atoms with van der Waals surface area (Å²) in [6, 6.07) is 9.67. The molecule has 0 bridgehead atoms. The lowest BCUT2D eigenvalue weighted by Crippen LogP contribution is -2.35. The van der Waals surface area contributed by atoms with Crippen molar-refractivity contribution in [2.75, 3.05) is 0 Å². The van der Waals surface area contributed by atoms with E-state index in [2.05, 4.69) is 11.4 Å². The Hall–Kier alpha value is -1.53. The van der Waals surface area contributed by atoms with Crippen molar-refractivity contribution in [3.05, 3.63) is 29.8 Å². The monoisotopic (exact) mass is 202 g/mol. The van der Waals surface area contributed by atoms with Crippen LogP contribution in [-0.2, 0) is 0 Å². The van der Waals surface area contributed by atoms with Gasteiger partial charge in [-0.2, -0.15) is 5.26 Å². The van der Waals surface area contributed by atoms with Gasteiger partial charge in [0.15, 0.2) is 0 Å². The van der Waals surface area contributed by atoms with E-state index in [4.69, 9.17) is 5.26 Å². The Bertz CT molecular complexity index is 366. The normalized spacial score (nSPS) is 25.8. The van der Waals surface area contributed by atoms with Gasteiger partial charge < -0.3 is 5.11 Å². The number of hydrogen-bond acceptors (Lipinski definition) is 3. The summed E-state index contributed by atoms with van der Waals surface area (Å²) in [7, 11) is 0. The van der Waals surface area contributed by atoms with Gasteiger partial charge in [-0.15, -0.1) is 0 Å². The highest BCUT2D eigenvalue weighted by Gasteiger charge is 2.21. The second-order valence-electron chi connectivity index (χ2n) is 3.92. The maximum atomic E-state index is 9.18. The molecule has 0 amide bonds. The fourth-order valence-electron chi connectivity index (χ4n) is 2.01. The van der Waals surface area contributed by atoms with Crippen molar-refractivity contribution >= 4 is 0 Å². The van der Waals surface area contributed by atoms with Crippen molar-refractivity contribution in [2.24, 2.45) is 0 Å². The number of phenolic OH excluding ortho intramolecular Hbond substituents is 1. The van der Waals surface area contributed by atoms with Crippen LogP contribution in [-0.4, -0.2) is 11.1 Å². The number of hydrogen-bond donors (Lipinski definition) is 2. The molecule has 78 valence electrons. The molecular weight excluding hydrogens is 188 g/mol. The number of nitrogens with zero attached hydrogens (tertiary/aromatic N) is 1. The van der Waals surface area contributed by atoms with Crippen LogP contribution >= 0.6 is 0 Å². The smallest absolute Gasteiger partial charge is 0.115 e. The quantitative estimate of drug-likeness (QED) is 0.733. The minimum absolute atomic E-state index is 0.0300. The van der Waals surface area contributed by atoms with Gasteiger partial charge in [-0.05, 0) is 37.0 Å². The molecular formula is C12H14N2O. The topological polar surface area (TPSA) is 56.0 Å². The lowest BCUT2D eigenvalue weighted by molar-refractivity contribution is 0.367. The van der Waals surface area contributed by atoms with Crippen molar-refractivity contribution in [1.82, 2.24) is 5.32 Å². The summed E-state index contributed by atoms with van der Waals surface area (Å²) in [4.78, 5) is 0. The fraction of sp³-hybridized carbons (Fsp3) is 0.417. The van der Waals surface area contributed by atoms with E-state index in [-0.39, 0.29) is 17.8 Å². The number of rotatable bonds is 1. The summed E-state index contributed by atoms with van der Waals surface area (Å²) < 4.78 is 0. The molecule has 3 nitrogen and oxygen atoms in total. The van der Waals surface area contributed by atoms with E-state index in [1.54, 1.807) is 12.1 Å². The SMILES string of the molecule is N#CC1CCCC(c2ccc(O)cc2)N1. The zero-order valence-corrected chi connectivity index (χ0v) is 8.48. The molecule has 3 heteroatoms. The van der Waals surface area contributed by atoms with Gasteiger partial charge >= 0.3 is 0 Å². The average molecular weight is 202 g/mol.